The van der Waals surface area contributed by atoms with Crippen molar-refractivity contribution < 1.29 is 0 Å². The van der Waals surface area contributed by atoms with Crippen LogP contribution in [-0.2, 0) is 0 Å². The molecule has 2 rings (SSSR count). The summed E-state index contributed by atoms with van der Waals surface area (Å²) < 4.78 is 0. The van der Waals surface area contributed by atoms with Crippen LogP contribution in [0.4, 0.5) is 5.82 Å². The van der Waals surface area contributed by atoms with Gasteiger partial charge in [0.05, 0.1) is 5.56 Å². The summed E-state index contributed by atoms with van der Waals surface area (Å²) in [6.45, 7) is 0. The monoisotopic (exact) mass is 173 g/mol. The van der Waals surface area contributed by atoms with Crippen molar-refractivity contribution in [2.24, 2.45) is 0 Å². The van der Waals surface area contributed by atoms with Crippen LogP contribution >= 0.6 is 0 Å². The molecule has 0 spiro atoms. The Bertz CT molecular complexity index is 400. The molecule has 0 atom stereocenters. The van der Waals surface area contributed by atoms with Crippen molar-refractivity contribution in [2.75, 3.05) is 5.73 Å². The molecule has 2 aromatic rings. The summed E-state index contributed by atoms with van der Waals surface area (Å²) in [7, 11) is 0. The fourth-order valence-electron chi connectivity index (χ4n) is 0.926. The highest BCUT2D eigenvalue weighted by atomic mass is 14.9. The van der Waals surface area contributed by atoms with Crippen LogP contribution in [-0.4, -0.2) is 19.9 Å². The second-order valence-electron chi connectivity index (χ2n) is 2.43. The Morgan fingerprint density at radius 2 is 1.92 bits per heavy atom. The van der Waals surface area contributed by atoms with Gasteiger partial charge in [0.1, 0.15) is 12.1 Å². The predicted molar refractivity (Wildman–Crippen MR) is 47.5 cm³/mol. The van der Waals surface area contributed by atoms with Crippen LogP contribution in [0, 0.1) is 0 Å². The maximum Gasteiger partial charge on any atom is 0.164 e. The molecule has 0 saturated heterocycles. The molecular formula is C8H7N5. The minimum atomic E-state index is 0.439. The van der Waals surface area contributed by atoms with Gasteiger partial charge in [0.25, 0.3) is 0 Å². The van der Waals surface area contributed by atoms with Crippen LogP contribution in [0.3, 0.4) is 0 Å². The van der Waals surface area contributed by atoms with Crippen molar-refractivity contribution in [3.8, 4) is 11.4 Å². The van der Waals surface area contributed by atoms with Gasteiger partial charge in [-0.15, -0.1) is 0 Å². The molecule has 0 aliphatic heterocycles. The molecule has 0 aliphatic rings. The van der Waals surface area contributed by atoms with Crippen LogP contribution in [0.1, 0.15) is 0 Å². The summed E-state index contributed by atoms with van der Waals surface area (Å²) in [5, 5.41) is 0. The normalized spacial score (nSPS) is 9.85. The first-order chi connectivity index (χ1) is 6.36. The smallest absolute Gasteiger partial charge is 0.164 e. The molecule has 0 aromatic carbocycles. The highest BCUT2D eigenvalue weighted by Gasteiger charge is 2.00. The third kappa shape index (κ3) is 1.58. The minimum absolute atomic E-state index is 0.439. The second-order valence-corrected chi connectivity index (χ2v) is 2.43. The van der Waals surface area contributed by atoms with Gasteiger partial charge in [-0.25, -0.2) is 19.9 Å². The maximum absolute atomic E-state index is 5.50. The highest BCUT2D eigenvalue weighted by molar-refractivity contribution is 5.53. The molecule has 2 heterocycles. The summed E-state index contributed by atoms with van der Waals surface area (Å²) in [6.07, 6.45) is 6.34. The molecule has 5 nitrogen and oxygen atoms in total. The molecule has 2 N–H and O–H groups in total. The fraction of sp³-hybridized carbons (Fsp3) is 0. The first-order valence-electron chi connectivity index (χ1n) is 3.70. The van der Waals surface area contributed by atoms with Gasteiger partial charge < -0.3 is 5.73 Å². The van der Waals surface area contributed by atoms with E-state index in [0.29, 0.717) is 11.6 Å². The highest BCUT2D eigenvalue weighted by Crippen LogP contribution is 2.11. The van der Waals surface area contributed by atoms with Crippen LogP contribution in [0.25, 0.3) is 11.4 Å². The third-order valence-corrected chi connectivity index (χ3v) is 1.50. The van der Waals surface area contributed by atoms with Crippen molar-refractivity contribution in [3.05, 3.63) is 31.0 Å². The van der Waals surface area contributed by atoms with E-state index in [4.69, 9.17) is 5.73 Å². The number of anilines is 1. The lowest BCUT2D eigenvalue weighted by atomic mass is 10.3. The molecule has 0 radical (unpaired) electrons. The molecule has 64 valence electrons. The van der Waals surface area contributed by atoms with E-state index >= 15 is 0 Å². The summed E-state index contributed by atoms with van der Waals surface area (Å²) in [5.74, 6) is 0.981. The van der Waals surface area contributed by atoms with E-state index < -0.39 is 0 Å². The molecule has 0 amide bonds. The Balaban J connectivity index is 2.48. The Morgan fingerprint density at radius 3 is 2.62 bits per heavy atom. The van der Waals surface area contributed by atoms with E-state index in [2.05, 4.69) is 19.9 Å². The van der Waals surface area contributed by atoms with Gasteiger partial charge in [0.15, 0.2) is 5.82 Å². The number of rotatable bonds is 1. The predicted octanol–water partition coefficient (Wildman–Crippen LogP) is 0.516. The van der Waals surface area contributed by atoms with Gasteiger partial charge >= 0.3 is 0 Å². The number of nitrogens with zero attached hydrogens (tertiary/aromatic N) is 4. The molecule has 5 heteroatoms. The first kappa shape index (κ1) is 7.60. The molecule has 0 fully saturated rings. The first-order valence-corrected chi connectivity index (χ1v) is 3.70. The average molecular weight is 173 g/mol. The summed E-state index contributed by atoms with van der Waals surface area (Å²) in [5.41, 5.74) is 6.26. The second kappa shape index (κ2) is 3.14. The Hall–Kier alpha value is -2.04. The third-order valence-electron chi connectivity index (χ3n) is 1.50. The molecular weight excluding hydrogens is 166 g/mol. The van der Waals surface area contributed by atoms with E-state index in [-0.39, 0.29) is 0 Å². The average Bonchev–Trinajstić information content (AvgIpc) is 2.19. The number of hydrogen-bond donors (Lipinski definition) is 1. The van der Waals surface area contributed by atoms with Crippen molar-refractivity contribution in [2.45, 2.75) is 0 Å². The molecule has 0 saturated carbocycles. The zero-order chi connectivity index (χ0) is 9.10. The number of nitrogen functional groups attached to an aromatic ring is 1. The van der Waals surface area contributed by atoms with Crippen molar-refractivity contribution in [1.29, 1.82) is 0 Å². The van der Waals surface area contributed by atoms with E-state index in [0.717, 1.165) is 5.56 Å². The number of aromatic nitrogens is 4. The molecule has 13 heavy (non-hydrogen) atoms. The van der Waals surface area contributed by atoms with E-state index in [1.165, 1.54) is 6.33 Å². The SMILES string of the molecule is Nc1ccnc(-c2cncnc2)n1. The zero-order valence-corrected chi connectivity index (χ0v) is 6.75. The van der Waals surface area contributed by atoms with Crippen molar-refractivity contribution >= 4 is 5.82 Å². The van der Waals surface area contributed by atoms with Gasteiger partial charge in [-0.3, -0.25) is 0 Å². The van der Waals surface area contributed by atoms with Gasteiger partial charge in [-0.1, -0.05) is 0 Å². The van der Waals surface area contributed by atoms with Gasteiger partial charge in [-0.05, 0) is 6.07 Å². The number of nitrogens with two attached hydrogens (primary N) is 1. The van der Waals surface area contributed by atoms with E-state index in [9.17, 15) is 0 Å². The standard InChI is InChI=1S/C8H7N5/c9-7-1-2-12-8(13-7)6-3-10-5-11-4-6/h1-5H,(H2,9,12,13). The quantitative estimate of drug-likeness (QED) is 0.680. The van der Waals surface area contributed by atoms with Crippen LogP contribution in [0.2, 0.25) is 0 Å². The Kier molecular flexibility index (Phi) is 1.84. The zero-order valence-electron chi connectivity index (χ0n) is 6.75. The Labute approximate surface area is 74.7 Å². The minimum Gasteiger partial charge on any atom is -0.384 e. The van der Waals surface area contributed by atoms with E-state index in [1.807, 2.05) is 0 Å². The largest absolute Gasteiger partial charge is 0.384 e. The van der Waals surface area contributed by atoms with Gasteiger partial charge in [-0.2, -0.15) is 0 Å². The summed E-state index contributed by atoms with van der Waals surface area (Å²) >= 11 is 0. The topological polar surface area (TPSA) is 77.6 Å². The molecule has 0 bridgehead atoms. The van der Waals surface area contributed by atoms with E-state index in [1.54, 1.807) is 24.7 Å². The van der Waals surface area contributed by atoms with Gasteiger partial charge in [0.2, 0.25) is 0 Å². The summed E-state index contributed by atoms with van der Waals surface area (Å²) in [6, 6.07) is 1.63. The molecule has 0 aliphatic carbocycles. The molecule has 2 aromatic heterocycles. The lowest BCUT2D eigenvalue weighted by Crippen LogP contribution is -1.94. The van der Waals surface area contributed by atoms with Crippen molar-refractivity contribution in [3.63, 3.8) is 0 Å². The Morgan fingerprint density at radius 1 is 1.15 bits per heavy atom. The van der Waals surface area contributed by atoms with Crippen LogP contribution < -0.4 is 5.73 Å². The van der Waals surface area contributed by atoms with Gasteiger partial charge in [0, 0.05) is 18.6 Å². The van der Waals surface area contributed by atoms with Crippen LogP contribution in [0.5, 0.6) is 0 Å². The van der Waals surface area contributed by atoms with Crippen molar-refractivity contribution in [1.82, 2.24) is 19.9 Å². The fourth-order valence-corrected chi connectivity index (χ4v) is 0.926. The summed E-state index contributed by atoms with van der Waals surface area (Å²) in [4.78, 5) is 15.8. The molecule has 0 unspecified atom stereocenters. The lowest BCUT2D eigenvalue weighted by molar-refractivity contribution is 1.12. The van der Waals surface area contributed by atoms with Crippen LogP contribution in [0.15, 0.2) is 31.0 Å². The maximum atomic E-state index is 5.50. The number of hydrogen-bond acceptors (Lipinski definition) is 5. The lowest BCUT2D eigenvalue weighted by Gasteiger charge is -1.97.